The number of rotatable bonds is 10. The number of anilines is 1. The van der Waals surface area contributed by atoms with E-state index in [-0.39, 0.29) is 5.91 Å². The van der Waals surface area contributed by atoms with Gasteiger partial charge in [-0.15, -0.1) is 0 Å². The molecule has 3 aromatic rings. The molecular formula is C29H34ClN3O. The van der Waals surface area contributed by atoms with Gasteiger partial charge in [0.25, 0.3) is 5.91 Å². The normalized spacial score (nSPS) is 17.6. The SMILES string of the molecule is CCN(CC)CCCC1(c2ccccc2)C(=O)N(N(C)Cc2ccccc2Cl)c2ccccc21. The van der Waals surface area contributed by atoms with Gasteiger partial charge < -0.3 is 4.90 Å². The van der Waals surface area contributed by atoms with E-state index in [9.17, 15) is 4.79 Å². The van der Waals surface area contributed by atoms with Crippen molar-refractivity contribution in [2.24, 2.45) is 0 Å². The van der Waals surface area contributed by atoms with Gasteiger partial charge >= 0.3 is 0 Å². The maximum absolute atomic E-state index is 14.5. The van der Waals surface area contributed by atoms with Gasteiger partial charge in [-0.1, -0.05) is 92.2 Å². The minimum atomic E-state index is -0.709. The summed E-state index contributed by atoms with van der Waals surface area (Å²) in [6.45, 7) is 7.95. The molecular weight excluding hydrogens is 442 g/mol. The number of benzene rings is 3. The largest absolute Gasteiger partial charge is 0.304 e. The van der Waals surface area contributed by atoms with Crippen LogP contribution in [0.3, 0.4) is 0 Å². The predicted molar refractivity (Wildman–Crippen MR) is 141 cm³/mol. The van der Waals surface area contributed by atoms with Gasteiger partial charge in [-0.2, -0.15) is 0 Å². The van der Waals surface area contributed by atoms with E-state index < -0.39 is 5.41 Å². The Morgan fingerprint density at radius 1 is 0.882 bits per heavy atom. The number of carbonyl (C=O) groups is 1. The van der Waals surface area contributed by atoms with Crippen LogP contribution in [-0.2, 0) is 16.8 Å². The van der Waals surface area contributed by atoms with Gasteiger partial charge in [-0.05, 0) is 61.3 Å². The number of halogens is 1. The van der Waals surface area contributed by atoms with Gasteiger partial charge in [0.2, 0.25) is 0 Å². The fraction of sp³-hybridized carbons (Fsp3) is 0.345. The Kier molecular flexibility index (Phi) is 7.72. The lowest BCUT2D eigenvalue weighted by molar-refractivity contribution is -0.124. The smallest absolute Gasteiger partial charge is 0.256 e. The van der Waals surface area contributed by atoms with E-state index in [2.05, 4.69) is 43.0 Å². The van der Waals surface area contributed by atoms with Crippen molar-refractivity contribution < 1.29 is 4.79 Å². The molecule has 0 fully saturated rings. The van der Waals surface area contributed by atoms with Crippen LogP contribution in [0.25, 0.3) is 0 Å². The van der Waals surface area contributed by atoms with Crippen LogP contribution >= 0.6 is 11.6 Å². The zero-order valence-corrected chi connectivity index (χ0v) is 21.1. The second kappa shape index (κ2) is 10.7. The van der Waals surface area contributed by atoms with Crippen LogP contribution in [-0.4, -0.2) is 42.5 Å². The van der Waals surface area contributed by atoms with Crippen molar-refractivity contribution in [1.29, 1.82) is 0 Å². The van der Waals surface area contributed by atoms with Crippen molar-refractivity contribution in [2.75, 3.05) is 31.7 Å². The first kappa shape index (κ1) is 24.5. The van der Waals surface area contributed by atoms with Gasteiger partial charge in [-0.3, -0.25) is 4.79 Å². The molecule has 0 spiro atoms. The van der Waals surface area contributed by atoms with E-state index in [1.807, 2.05) is 71.7 Å². The molecule has 4 nitrogen and oxygen atoms in total. The van der Waals surface area contributed by atoms with Crippen molar-refractivity contribution in [3.8, 4) is 0 Å². The summed E-state index contributed by atoms with van der Waals surface area (Å²) in [5.74, 6) is 0.106. The number of carbonyl (C=O) groups excluding carboxylic acids is 1. The van der Waals surface area contributed by atoms with Crippen LogP contribution in [0, 0.1) is 0 Å². The minimum absolute atomic E-state index is 0.106. The molecule has 1 atom stereocenters. The second-order valence-corrected chi connectivity index (χ2v) is 9.35. The molecule has 0 saturated heterocycles. The fourth-order valence-electron chi connectivity index (χ4n) is 5.20. The first-order valence-electron chi connectivity index (χ1n) is 12.2. The van der Waals surface area contributed by atoms with Crippen LogP contribution in [0.15, 0.2) is 78.9 Å². The average molecular weight is 476 g/mol. The third kappa shape index (κ3) is 4.50. The number of nitrogens with zero attached hydrogens (tertiary/aromatic N) is 3. The highest BCUT2D eigenvalue weighted by atomic mass is 35.5. The highest BCUT2D eigenvalue weighted by Gasteiger charge is 2.52. The maximum atomic E-state index is 14.5. The molecule has 0 saturated carbocycles. The molecule has 0 N–H and O–H groups in total. The zero-order valence-electron chi connectivity index (χ0n) is 20.4. The van der Waals surface area contributed by atoms with E-state index >= 15 is 0 Å². The molecule has 0 aliphatic carbocycles. The van der Waals surface area contributed by atoms with E-state index in [4.69, 9.17) is 11.6 Å². The van der Waals surface area contributed by atoms with E-state index in [0.717, 1.165) is 54.9 Å². The Morgan fingerprint density at radius 2 is 1.53 bits per heavy atom. The quantitative estimate of drug-likeness (QED) is 0.352. The summed E-state index contributed by atoms with van der Waals surface area (Å²) >= 11 is 6.45. The van der Waals surface area contributed by atoms with Crippen LogP contribution < -0.4 is 5.01 Å². The van der Waals surface area contributed by atoms with Crippen LogP contribution in [0.4, 0.5) is 5.69 Å². The Labute approximate surface area is 208 Å². The van der Waals surface area contributed by atoms with Crippen molar-refractivity contribution in [3.63, 3.8) is 0 Å². The molecule has 3 aromatic carbocycles. The van der Waals surface area contributed by atoms with Gasteiger partial charge in [-0.25, -0.2) is 10.0 Å². The van der Waals surface area contributed by atoms with Crippen molar-refractivity contribution >= 4 is 23.2 Å². The van der Waals surface area contributed by atoms with Crippen LogP contribution in [0.1, 0.15) is 43.4 Å². The highest BCUT2D eigenvalue weighted by Crippen LogP contribution is 2.49. The number of para-hydroxylation sites is 1. The van der Waals surface area contributed by atoms with Crippen molar-refractivity contribution in [2.45, 2.75) is 38.6 Å². The topological polar surface area (TPSA) is 26.8 Å². The molecule has 178 valence electrons. The Balaban J connectivity index is 1.74. The molecule has 1 aliphatic heterocycles. The predicted octanol–water partition coefficient (Wildman–Crippen LogP) is 6.14. The van der Waals surface area contributed by atoms with Gasteiger partial charge in [0.1, 0.15) is 5.41 Å². The lowest BCUT2D eigenvalue weighted by atomic mass is 9.72. The van der Waals surface area contributed by atoms with Crippen LogP contribution in [0.2, 0.25) is 5.02 Å². The van der Waals surface area contributed by atoms with Crippen molar-refractivity contribution in [1.82, 2.24) is 9.91 Å². The molecule has 4 rings (SSSR count). The molecule has 5 heteroatoms. The lowest BCUT2D eigenvalue weighted by Gasteiger charge is -2.33. The Bertz CT molecular complexity index is 1120. The second-order valence-electron chi connectivity index (χ2n) is 8.94. The highest BCUT2D eigenvalue weighted by molar-refractivity contribution is 6.31. The molecule has 1 aliphatic rings. The van der Waals surface area contributed by atoms with Gasteiger partial charge in [0, 0.05) is 18.6 Å². The van der Waals surface area contributed by atoms with E-state index in [1.165, 1.54) is 0 Å². The molecule has 34 heavy (non-hydrogen) atoms. The van der Waals surface area contributed by atoms with E-state index in [1.54, 1.807) is 0 Å². The molecule has 1 unspecified atom stereocenters. The summed E-state index contributed by atoms with van der Waals surface area (Å²) in [6, 6.07) is 26.4. The summed E-state index contributed by atoms with van der Waals surface area (Å²) in [4.78, 5) is 16.9. The first-order valence-corrected chi connectivity index (χ1v) is 12.6. The molecule has 1 amide bonds. The average Bonchev–Trinajstić information content (AvgIpc) is 3.12. The first-order chi connectivity index (χ1) is 16.5. The third-order valence-corrected chi connectivity index (χ3v) is 7.40. The Morgan fingerprint density at radius 3 is 2.24 bits per heavy atom. The van der Waals surface area contributed by atoms with Gasteiger partial charge in [0.15, 0.2) is 0 Å². The number of hydrogen-bond acceptors (Lipinski definition) is 3. The van der Waals surface area contributed by atoms with E-state index in [0.29, 0.717) is 11.6 Å². The molecule has 1 heterocycles. The molecule has 0 bridgehead atoms. The number of fused-ring (bicyclic) bond motifs is 1. The summed E-state index contributed by atoms with van der Waals surface area (Å²) in [5.41, 5.74) is 3.38. The summed E-state index contributed by atoms with van der Waals surface area (Å²) < 4.78 is 0. The standard InChI is InChI=1S/C29H34ClN3O/c1-4-32(5-2)21-13-20-29(24-15-7-6-8-16-24)25-17-10-12-19-27(25)33(28(29)34)31(3)22-23-14-9-11-18-26(23)30/h6-12,14-19H,4-5,13,20-22H2,1-3H3. The monoisotopic (exact) mass is 475 g/mol. The van der Waals surface area contributed by atoms with Gasteiger partial charge in [0.05, 0.1) is 5.69 Å². The number of hydrogen-bond donors (Lipinski definition) is 0. The molecule has 0 radical (unpaired) electrons. The fourth-order valence-corrected chi connectivity index (χ4v) is 5.40. The Hall–Kier alpha value is -2.66. The number of hydrazine groups is 1. The molecule has 0 aromatic heterocycles. The number of amides is 1. The maximum Gasteiger partial charge on any atom is 0.256 e. The summed E-state index contributed by atoms with van der Waals surface area (Å²) in [5, 5.41) is 4.57. The summed E-state index contributed by atoms with van der Waals surface area (Å²) in [7, 11) is 1.97. The minimum Gasteiger partial charge on any atom is -0.304 e. The lowest BCUT2D eigenvalue weighted by Crippen LogP contribution is -2.48. The third-order valence-electron chi connectivity index (χ3n) is 7.04. The van der Waals surface area contributed by atoms with Crippen molar-refractivity contribution in [3.05, 3.63) is 101 Å². The van der Waals surface area contributed by atoms with Crippen LogP contribution in [0.5, 0.6) is 0 Å². The summed E-state index contributed by atoms with van der Waals surface area (Å²) in [6.07, 6.45) is 1.71. The zero-order chi connectivity index (χ0) is 24.1.